The third kappa shape index (κ3) is 8.16. The number of benzene rings is 4. The molecule has 0 aliphatic carbocycles. The van der Waals surface area contributed by atoms with Gasteiger partial charge in [0.1, 0.15) is 11.4 Å². The maximum atomic E-state index is 13.7. The summed E-state index contributed by atoms with van der Waals surface area (Å²) in [5, 5.41) is 13.4. The minimum Gasteiger partial charge on any atom is -0.444 e. The fraction of sp³-hybridized carbons (Fsp3) is 0.270. The summed E-state index contributed by atoms with van der Waals surface area (Å²) in [5.41, 5.74) is 4.98. The number of amidine groups is 1. The molecule has 4 aromatic carbocycles. The first-order valence-electron chi connectivity index (χ1n) is 15.3. The van der Waals surface area contributed by atoms with E-state index in [2.05, 4.69) is 5.32 Å². The van der Waals surface area contributed by atoms with Crippen LogP contribution in [0.5, 0.6) is 0 Å². The number of carbonyl (C=O) groups is 2. The molecule has 0 saturated carbocycles. The maximum Gasteiger partial charge on any atom is 0.410 e. The summed E-state index contributed by atoms with van der Waals surface area (Å²) in [5.74, 6) is 6.42. The second-order valence-electron chi connectivity index (χ2n) is 12.4. The minimum absolute atomic E-state index is 0.0965. The quantitative estimate of drug-likeness (QED) is 0.0881. The highest BCUT2D eigenvalue weighted by atomic mass is 16.6. The van der Waals surface area contributed by atoms with E-state index in [1.54, 1.807) is 11.0 Å². The van der Waals surface area contributed by atoms with E-state index in [0.29, 0.717) is 36.4 Å². The molecule has 4 N–H and O–H groups in total. The van der Waals surface area contributed by atoms with Gasteiger partial charge >= 0.3 is 6.09 Å². The number of likely N-dealkylation sites (tertiary alicyclic amines) is 1. The van der Waals surface area contributed by atoms with E-state index in [-0.39, 0.29) is 23.8 Å². The molecule has 0 aromatic heterocycles. The minimum atomic E-state index is -0.529. The molecule has 1 saturated heterocycles. The summed E-state index contributed by atoms with van der Waals surface area (Å²) < 4.78 is 5.54. The van der Waals surface area contributed by atoms with E-state index < -0.39 is 5.60 Å². The van der Waals surface area contributed by atoms with Crippen LogP contribution >= 0.6 is 0 Å². The molecule has 0 unspecified atom stereocenters. The Morgan fingerprint density at radius 2 is 1.56 bits per heavy atom. The zero-order valence-corrected chi connectivity index (χ0v) is 26.1. The normalized spacial score (nSPS) is 13.6. The molecule has 0 bridgehead atoms. The summed E-state index contributed by atoms with van der Waals surface area (Å²) in [7, 11) is 0. The Hall–Kier alpha value is -4.95. The lowest BCUT2D eigenvalue weighted by Crippen LogP contribution is -2.41. The van der Waals surface area contributed by atoms with Crippen molar-refractivity contribution in [1.82, 2.24) is 9.91 Å². The molecule has 1 fully saturated rings. The Bertz CT molecular complexity index is 1640. The smallest absolute Gasteiger partial charge is 0.410 e. The number of hydrazine groups is 1. The number of rotatable bonds is 7. The molecule has 8 heteroatoms. The highest BCUT2D eigenvalue weighted by Gasteiger charge is 2.28. The van der Waals surface area contributed by atoms with Crippen molar-refractivity contribution in [3.8, 4) is 11.1 Å². The van der Waals surface area contributed by atoms with Crippen molar-refractivity contribution in [3.63, 3.8) is 0 Å². The molecule has 1 aliphatic rings. The fourth-order valence-electron chi connectivity index (χ4n) is 5.53. The molecule has 0 radical (unpaired) electrons. The van der Waals surface area contributed by atoms with Gasteiger partial charge in [-0.05, 0) is 86.1 Å². The number of hydrogen-bond donors (Lipinski definition) is 3. The summed E-state index contributed by atoms with van der Waals surface area (Å²) >= 11 is 0. The van der Waals surface area contributed by atoms with E-state index >= 15 is 0 Å². The van der Waals surface area contributed by atoms with Gasteiger partial charge in [0.25, 0.3) is 5.91 Å². The van der Waals surface area contributed by atoms with Crippen LogP contribution < -0.4 is 11.2 Å². The molecule has 0 spiro atoms. The van der Waals surface area contributed by atoms with E-state index in [0.717, 1.165) is 35.1 Å². The van der Waals surface area contributed by atoms with Crippen LogP contribution in [0.25, 0.3) is 11.1 Å². The van der Waals surface area contributed by atoms with Gasteiger partial charge in [-0.3, -0.25) is 15.2 Å². The standard InChI is InChI=1S/C37H41N5O3/c1-37(2,3)45-36(44)41-21-19-28(20-22-41)29-15-10-16-31(23-29)35(43)40-33-24-30(27-13-8-5-9-14-27)17-18-32(33)34(38)42(39)25-26-11-6-4-7-12-26/h4-18,23-24,28,38H,19-22,25,39H2,1-3H3,(H,40,43). The second-order valence-corrected chi connectivity index (χ2v) is 12.4. The lowest BCUT2D eigenvalue weighted by molar-refractivity contribution is 0.0205. The maximum absolute atomic E-state index is 13.7. The van der Waals surface area contributed by atoms with Crippen LogP contribution in [0.2, 0.25) is 0 Å². The Morgan fingerprint density at radius 3 is 2.22 bits per heavy atom. The van der Waals surface area contributed by atoms with Crippen molar-refractivity contribution in [2.75, 3.05) is 18.4 Å². The number of nitrogens with zero attached hydrogens (tertiary/aromatic N) is 2. The average Bonchev–Trinajstić information content (AvgIpc) is 3.04. The summed E-state index contributed by atoms with van der Waals surface area (Å²) in [4.78, 5) is 28.0. The average molecular weight is 604 g/mol. The Balaban J connectivity index is 1.34. The summed E-state index contributed by atoms with van der Waals surface area (Å²) in [6.45, 7) is 7.17. The predicted molar refractivity (Wildman–Crippen MR) is 179 cm³/mol. The molecule has 2 amide bonds. The predicted octanol–water partition coefficient (Wildman–Crippen LogP) is 7.42. The molecule has 5 rings (SSSR count). The van der Waals surface area contributed by atoms with Gasteiger partial charge in [0.05, 0.1) is 12.2 Å². The SMILES string of the molecule is CC(C)(C)OC(=O)N1CCC(c2cccc(C(=O)Nc3cc(-c4ccccc4)ccc3C(=N)N(N)Cc3ccccc3)c2)CC1. The van der Waals surface area contributed by atoms with Crippen LogP contribution in [0, 0.1) is 5.41 Å². The van der Waals surface area contributed by atoms with Gasteiger partial charge in [-0.2, -0.15) is 0 Å². The number of nitrogens with two attached hydrogens (primary N) is 1. The van der Waals surface area contributed by atoms with Crippen molar-refractivity contribution < 1.29 is 14.3 Å². The van der Waals surface area contributed by atoms with Gasteiger partial charge < -0.3 is 15.0 Å². The van der Waals surface area contributed by atoms with Crippen LogP contribution in [-0.2, 0) is 11.3 Å². The number of ether oxygens (including phenoxy) is 1. The molecule has 4 aromatic rings. The van der Waals surface area contributed by atoms with Crippen LogP contribution in [0.4, 0.5) is 10.5 Å². The van der Waals surface area contributed by atoms with E-state index in [4.69, 9.17) is 16.0 Å². The van der Waals surface area contributed by atoms with Crippen molar-refractivity contribution in [3.05, 3.63) is 125 Å². The number of amides is 2. The monoisotopic (exact) mass is 603 g/mol. The Morgan fingerprint density at radius 1 is 0.889 bits per heavy atom. The van der Waals surface area contributed by atoms with Gasteiger partial charge in [-0.15, -0.1) is 0 Å². The van der Waals surface area contributed by atoms with Crippen molar-refractivity contribution in [1.29, 1.82) is 5.41 Å². The van der Waals surface area contributed by atoms with Gasteiger partial charge in [0, 0.05) is 24.2 Å². The number of anilines is 1. The van der Waals surface area contributed by atoms with Crippen LogP contribution in [0.1, 0.15) is 66.6 Å². The first-order chi connectivity index (χ1) is 21.6. The van der Waals surface area contributed by atoms with E-state index in [1.165, 1.54) is 5.01 Å². The zero-order chi connectivity index (χ0) is 32.0. The highest BCUT2D eigenvalue weighted by Crippen LogP contribution is 2.31. The van der Waals surface area contributed by atoms with E-state index in [1.807, 2.05) is 118 Å². The molecule has 1 aliphatic heterocycles. The zero-order valence-electron chi connectivity index (χ0n) is 26.1. The van der Waals surface area contributed by atoms with Gasteiger partial charge in [-0.1, -0.05) is 78.9 Å². The Kier molecular flexibility index (Phi) is 9.64. The highest BCUT2D eigenvalue weighted by molar-refractivity contribution is 6.10. The summed E-state index contributed by atoms with van der Waals surface area (Å²) in [6.07, 6.45) is 1.30. The van der Waals surface area contributed by atoms with Crippen LogP contribution in [0.15, 0.2) is 103 Å². The molecule has 0 atom stereocenters. The van der Waals surface area contributed by atoms with Gasteiger partial charge in [-0.25, -0.2) is 10.6 Å². The first-order valence-corrected chi connectivity index (χ1v) is 15.3. The van der Waals surface area contributed by atoms with Gasteiger partial charge in [0.15, 0.2) is 0 Å². The number of hydrogen-bond acceptors (Lipinski definition) is 5. The largest absolute Gasteiger partial charge is 0.444 e. The van der Waals surface area contributed by atoms with E-state index in [9.17, 15) is 9.59 Å². The topological polar surface area (TPSA) is 112 Å². The summed E-state index contributed by atoms with van der Waals surface area (Å²) in [6, 6.07) is 33.0. The molecular formula is C37H41N5O3. The fourth-order valence-corrected chi connectivity index (χ4v) is 5.53. The third-order valence-electron chi connectivity index (χ3n) is 7.88. The molecule has 45 heavy (non-hydrogen) atoms. The molecule has 1 heterocycles. The lowest BCUT2D eigenvalue weighted by atomic mass is 9.88. The third-order valence-corrected chi connectivity index (χ3v) is 7.88. The molecule has 232 valence electrons. The first kappa shape index (κ1) is 31.5. The van der Waals surface area contributed by atoms with Crippen LogP contribution in [0.3, 0.4) is 0 Å². The number of carbonyl (C=O) groups excluding carboxylic acids is 2. The number of nitrogens with one attached hydrogen (secondary N) is 2. The van der Waals surface area contributed by atoms with Crippen molar-refractivity contribution in [2.24, 2.45) is 5.84 Å². The lowest BCUT2D eigenvalue weighted by Gasteiger charge is -2.33. The molecule has 8 nitrogen and oxygen atoms in total. The van der Waals surface area contributed by atoms with Gasteiger partial charge in [0.2, 0.25) is 0 Å². The Labute approximate surface area is 265 Å². The second kappa shape index (κ2) is 13.8. The van der Waals surface area contributed by atoms with Crippen molar-refractivity contribution >= 4 is 23.5 Å². The molecular weight excluding hydrogens is 562 g/mol. The number of piperidine rings is 1. The van der Waals surface area contributed by atoms with Crippen LogP contribution in [-0.4, -0.2) is 46.4 Å². The van der Waals surface area contributed by atoms with Crippen molar-refractivity contribution in [2.45, 2.75) is 51.7 Å².